The largest absolute Gasteiger partial charge is 0.354 e. The Balaban J connectivity index is 1.61. The molecule has 2 aromatic rings. The highest BCUT2D eigenvalue weighted by Crippen LogP contribution is 2.25. The van der Waals surface area contributed by atoms with Gasteiger partial charge in [0.1, 0.15) is 6.29 Å². The minimum atomic E-state index is -0.699. The first-order valence-corrected chi connectivity index (χ1v) is 8.83. The van der Waals surface area contributed by atoms with Gasteiger partial charge in [-0.2, -0.15) is 0 Å². The molecule has 1 heterocycles. The summed E-state index contributed by atoms with van der Waals surface area (Å²) in [6.07, 6.45) is 1.52. The van der Waals surface area contributed by atoms with Gasteiger partial charge in [-0.05, 0) is 24.1 Å². The van der Waals surface area contributed by atoms with Gasteiger partial charge in [0.15, 0.2) is 0 Å². The summed E-state index contributed by atoms with van der Waals surface area (Å²) in [5.41, 5.74) is 1.71. The zero-order valence-electron chi connectivity index (χ0n) is 14.8. The maximum absolute atomic E-state index is 12.6. The van der Waals surface area contributed by atoms with Crippen molar-refractivity contribution in [2.24, 2.45) is 0 Å². The van der Waals surface area contributed by atoms with Gasteiger partial charge in [-0.3, -0.25) is 19.3 Å². The molecule has 3 rings (SSSR count). The number of imide groups is 1. The number of rotatable bonds is 8. The minimum Gasteiger partial charge on any atom is -0.354 e. The summed E-state index contributed by atoms with van der Waals surface area (Å²) in [7, 11) is 0. The van der Waals surface area contributed by atoms with Crippen molar-refractivity contribution in [2.75, 3.05) is 6.54 Å². The highest BCUT2D eigenvalue weighted by Gasteiger charge is 2.39. The fraction of sp³-hybridized carbons (Fsp3) is 0.238. The number of hydrogen-bond donors (Lipinski definition) is 1. The third-order valence-corrected chi connectivity index (χ3v) is 4.58. The fourth-order valence-corrected chi connectivity index (χ4v) is 3.15. The number of aryl methyl sites for hydroxylation is 1. The molecule has 1 unspecified atom stereocenters. The molecule has 1 N–H and O–H groups in total. The lowest BCUT2D eigenvalue weighted by Crippen LogP contribution is -2.47. The molecule has 0 fully saturated rings. The van der Waals surface area contributed by atoms with Gasteiger partial charge in [-0.1, -0.05) is 42.5 Å². The van der Waals surface area contributed by atoms with Crippen molar-refractivity contribution in [2.45, 2.75) is 25.3 Å². The molecular formula is C21H20N2O4. The molecule has 27 heavy (non-hydrogen) atoms. The van der Waals surface area contributed by atoms with E-state index in [-0.39, 0.29) is 18.9 Å². The monoisotopic (exact) mass is 364 g/mol. The van der Waals surface area contributed by atoms with Crippen LogP contribution in [0.5, 0.6) is 0 Å². The predicted octanol–water partition coefficient (Wildman–Crippen LogP) is 1.99. The van der Waals surface area contributed by atoms with E-state index < -0.39 is 17.9 Å². The van der Waals surface area contributed by atoms with Crippen LogP contribution >= 0.6 is 0 Å². The molecule has 6 heteroatoms. The molecule has 0 radical (unpaired) electrons. The standard InChI is InChI=1S/C21H20N2O4/c24-13-12-16(14-22-19(25)11-10-15-6-2-1-3-7-15)23-20(26)17-8-4-5-9-18(17)21(23)27/h1-9,13,16H,10-12,14H2,(H,22,25). The number of nitrogens with zero attached hydrogens (tertiary/aromatic N) is 1. The second-order valence-electron chi connectivity index (χ2n) is 6.37. The molecule has 138 valence electrons. The SMILES string of the molecule is O=CCC(CNC(=O)CCc1ccccc1)N1C(=O)c2ccccc2C1=O. The van der Waals surface area contributed by atoms with E-state index in [4.69, 9.17) is 0 Å². The second kappa shape index (κ2) is 8.40. The van der Waals surface area contributed by atoms with E-state index in [1.807, 2.05) is 30.3 Å². The van der Waals surface area contributed by atoms with Crippen molar-refractivity contribution in [1.82, 2.24) is 10.2 Å². The van der Waals surface area contributed by atoms with E-state index in [9.17, 15) is 19.2 Å². The lowest BCUT2D eigenvalue weighted by atomic mass is 10.1. The van der Waals surface area contributed by atoms with E-state index >= 15 is 0 Å². The lowest BCUT2D eigenvalue weighted by molar-refractivity contribution is -0.121. The summed E-state index contributed by atoms with van der Waals surface area (Å²) < 4.78 is 0. The number of amides is 3. The number of hydrogen-bond acceptors (Lipinski definition) is 4. The Morgan fingerprint density at radius 2 is 1.56 bits per heavy atom. The zero-order valence-corrected chi connectivity index (χ0v) is 14.8. The topological polar surface area (TPSA) is 83.6 Å². The fourth-order valence-electron chi connectivity index (χ4n) is 3.15. The van der Waals surface area contributed by atoms with Gasteiger partial charge in [0.05, 0.1) is 17.2 Å². The maximum atomic E-state index is 12.6. The number of benzene rings is 2. The van der Waals surface area contributed by atoms with Crippen LogP contribution in [0.3, 0.4) is 0 Å². The molecule has 0 bridgehead atoms. The van der Waals surface area contributed by atoms with Gasteiger partial charge >= 0.3 is 0 Å². The Bertz CT molecular complexity index is 828. The molecule has 0 aromatic heterocycles. The average molecular weight is 364 g/mol. The van der Waals surface area contributed by atoms with Gasteiger partial charge in [-0.15, -0.1) is 0 Å². The normalized spacial score (nSPS) is 14.0. The Kier molecular flexibility index (Phi) is 5.76. The summed E-state index contributed by atoms with van der Waals surface area (Å²) in [5, 5.41) is 2.74. The van der Waals surface area contributed by atoms with Crippen molar-refractivity contribution in [1.29, 1.82) is 0 Å². The molecule has 1 aliphatic heterocycles. The van der Waals surface area contributed by atoms with Crippen LogP contribution in [0.1, 0.15) is 39.1 Å². The molecule has 0 saturated carbocycles. The van der Waals surface area contributed by atoms with E-state index in [1.54, 1.807) is 24.3 Å². The third kappa shape index (κ3) is 4.11. The number of fused-ring (bicyclic) bond motifs is 1. The molecule has 0 spiro atoms. The molecule has 0 aliphatic carbocycles. The highest BCUT2D eigenvalue weighted by atomic mass is 16.2. The molecule has 2 aromatic carbocycles. The van der Waals surface area contributed by atoms with E-state index in [2.05, 4.69) is 5.32 Å². The van der Waals surface area contributed by atoms with Crippen molar-refractivity contribution in [3.8, 4) is 0 Å². The smallest absolute Gasteiger partial charge is 0.261 e. The van der Waals surface area contributed by atoms with Gasteiger partial charge in [0, 0.05) is 19.4 Å². The highest BCUT2D eigenvalue weighted by molar-refractivity contribution is 6.21. The summed E-state index contributed by atoms with van der Waals surface area (Å²) in [6, 6.07) is 15.5. The van der Waals surface area contributed by atoms with Gasteiger partial charge in [0.2, 0.25) is 5.91 Å². The minimum absolute atomic E-state index is 0.0234. The predicted molar refractivity (Wildman–Crippen MR) is 99.2 cm³/mol. The number of carbonyl (C=O) groups excluding carboxylic acids is 4. The van der Waals surface area contributed by atoms with Gasteiger partial charge in [0.25, 0.3) is 11.8 Å². The quantitative estimate of drug-likeness (QED) is 0.574. The van der Waals surface area contributed by atoms with Crippen molar-refractivity contribution in [3.05, 3.63) is 71.3 Å². The number of nitrogens with one attached hydrogen (secondary N) is 1. The van der Waals surface area contributed by atoms with Crippen LogP contribution in [0, 0.1) is 0 Å². The number of carbonyl (C=O) groups is 4. The van der Waals surface area contributed by atoms with E-state index in [1.165, 1.54) is 0 Å². The maximum Gasteiger partial charge on any atom is 0.261 e. The van der Waals surface area contributed by atoms with Gasteiger partial charge < -0.3 is 10.1 Å². The first kappa shape index (κ1) is 18.5. The zero-order chi connectivity index (χ0) is 19.2. The molecule has 1 atom stereocenters. The second-order valence-corrected chi connectivity index (χ2v) is 6.37. The van der Waals surface area contributed by atoms with Gasteiger partial charge in [-0.25, -0.2) is 0 Å². The Labute approximate surface area is 157 Å². The lowest BCUT2D eigenvalue weighted by Gasteiger charge is -2.24. The first-order valence-electron chi connectivity index (χ1n) is 8.83. The van der Waals surface area contributed by atoms with Crippen molar-refractivity contribution < 1.29 is 19.2 Å². The summed E-state index contributed by atoms with van der Waals surface area (Å²) in [6.45, 7) is 0.0534. The van der Waals surface area contributed by atoms with Crippen LogP contribution < -0.4 is 5.32 Å². The Morgan fingerprint density at radius 1 is 0.963 bits per heavy atom. The summed E-state index contributed by atoms with van der Waals surface area (Å²) in [4.78, 5) is 49.4. The van der Waals surface area contributed by atoms with Crippen LogP contribution in [-0.2, 0) is 16.0 Å². The van der Waals surface area contributed by atoms with Crippen LogP contribution in [0.2, 0.25) is 0 Å². The molecule has 1 aliphatic rings. The molecular weight excluding hydrogens is 344 g/mol. The van der Waals surface area contributed by atoms with Crippen LogP contribution in [-0.4, -0.2) is 41.5 Å². The van der Waals surface area contributed by atoms with Crippen LogP contribution in [0.15, 0.2) is 54.6 Å². The Hall–Kier alpha value is -3.28. The molecule has 6 nitrogen and oxygen atoms in total. The van der Waals surface area contributed by atoms with Crippen molar-refractivity contribution in [3.63, 3.8) is 0 Å². The summed E-state index contributed by atoms with van der Waals surface area (Å²) >= 11 is 0. The van der Waals surface area contributed by atoms with E-state index in [0.29, 0.717) is 30.3 Å². The molecule has 0 saturated heterocycles. The van der Waals surface area contributed by atoms with Crippen LogP contribution in [0.25, 0.3) is 0 Å². The summed E-state index contributed by atoms with van der Waals surface area (Å²) in [5.74, 6) is -1.05. The van der Waals surface area contributed by atoms with E-state index in [0.717, 1.165) is 10.5 Å². The van der Waals surface area contributed by atoms with Crippen molar-refractivity contribution >= 4 is 24.0 Å². The first-order chi connectivity index (χ1) is 13.1. The molecule has 3 amide bonds. The van der Waals surface area contributed by atoms with Crippen LogP contribution in [0.4, 0.5) is 0 Å². The third-order valence-electron chi connectivity index (χ3n) is 4.58. The number of aldehydes is 1. The average Bonchev–Trinajstić information content (AvgIpc) is 2.95. The Morgan fingerprint density at radius 3 is 2.15 bits per heavy atom.